The second-order valence-electron chi connectivity index (χ2n) is 6.55. The number of carbonyl (C=O) groups is 3. The van der Waals surface area contributed by atoms with Gasteiger partial charge in [-0.25, -0.2) is 14.6 Å². The molecule has 2 N–H and O–H groups in total. The minimum absolute atomic E-state index is 0.0526. The molecule has 0 atom stereocenters. The van der Waals surface area contributed by atoms with Gasteiger partial charge in [0.1, 0.15) is 5.75 Å². The monoisotopic (exact) mass is 491 g/mol. The topological polar surface area (TPSA) is 116 Å². The van der Waals surface area contributed by atoms with Crippen molar-refractivity contribution in [2.24, 2.45) is 0 Å². The highest BCUT2D eigenvalue weighted by molar-refractivity contribution is 7.22. The molecule has 11 heteroatoms. The first-order valence-corrected chi connectivity index (χ1v) is 11.3. The molecule has 3 rings (SSSR count). The van der Waals surface area contributed by atoms with Crippen LogP contribution in [0.1, 0.15) is 13.8 Å². The summed E-state index contributed by atoms with van der Waals surface area (Å²) in [7, 11) is 0. The maximum atomic E-state index is 12.2. The number of para-hydroxylation sites is 1. The van der Waals surface area contributed by atoms with Crippen LogP contribution in [0.4, 0.5) is 10.8 Å². The maximum absolute atomic E-state index is 12.2. The Hall–Kier alpha value is -3.37. The van der Waals surface area contributed by atoms with Crippen LogP contribution in [0.5, 0.6) is 5.75 Å². The van der Waals surface area contributed by atoms with Crippen molar-refractivity contribution >= 4 is 61.8 Å². The van der Waals surface area contributed by atoms with Crippen molar-refractivity contribution in [1.29, 1.82) is 0 Å². The molecule has 0 unspecified atom stereocenters. The molecule has 0 aliphatic carbocycles. The van der Waals surface area contributed by atoms with E-state index in [2.05, 4.69) is 15.6 Å². The smallest absolute Gasteiger partial charge is 0.340 e. The SMILES string of the molecule is CCOC(=O)C(NC(=O)COc1ccc(Nc2nc3ccccc3s2)c(Cl)c1)C(=O)OCC. The molecule has 2 aromatic carbocycles. The number of hydrogen-bond donors (Lipinski definition) is 2. The van der Waals surface area contributed by atoms with Crippen molar-refractivity contribution in [3.63, 3.8) is 0 Å². The third kappa shape index (κ3) is 6.56. The predicted octanol–water partition coefficient (Wildman–Crippen LogP) is 3.68. The molecule has 33 heavy (non-hydrogen) atoms. The Labute approximate surface area is 199 Å². The van der Waals surface area contributed by atoms with Gasteiger partial charge in [0.2, 0.25) is 6.04 Å². The molecule has 0 bridgehead atoms. The molecule has 0 saturated heterocycles. The fraction of sp³-hybridized carbons (Fsp3) is 0.273. The summed E-state index contributed by atoms with van der Waals surface area (Å²) in [5.74, 6) is -2.18. The Morgan fingerprint density at radius 1 is 1.06 bits per heavy atom. The van der Waals surface area contributed by atoms with E-state index in [1.807, 2.05) is 24.3 Å². The van der Waals surface area contributed by atoms with Crippen molar-refractivity contribution in [3.05, 3.63) is 47.5 Å². The average Bonchev–Trinajstić information content (AvgIpc) is 3.20. The van der Waals surface area contributed by atoms with E-state index in [-0.39, 0.29) is 13.2 Å². The number of hydrogen-bond acceptors (Lipinski definition) is 9. The fourth-order valence-corrected chi connectivity index (χ4v) is 3.84. The largest absolute Gasteiger partial charge is 0.484 e. The van der Waals surface area contributed by atoms with Gasteiger partial charge in [0.25, 0.3) is 5.91 Å². The number of esters is 2. The van der Waals surface area contributed by atoms with Gasteiger partial charge >= 0.3 is 11.9 Å². The molecule has 0 aliphatic rings. The first-order valence-electron chi connectivity index (χ1n) is 10.1. The van der Waals surface area contributed by atoms with Gasteiger partial charge in [0.15, 0.2) is 11.7 Å². The van der Waals surface area contributed by atoms with Crippen LogP contribution in [0.15, 0.2) is 42.5 Å². The molecular weight excluding hydrogens is 470 g/mol. The highest BCUT2D eigenvalue weighted by Gasteiger charge is 2.31. The number of carbonyl (C=O) groups excluding carboxylic acids is 3. The molecule has 174 valence electrons. The summed E-state index contributed by atoms with van der Waals surface area (Å²) in [6.45, 7) is 2.83. The first kappa shape index (κ1) is 24.3. The zero-order valence-electron chi connectivity index (χ0n) is 17.9. The van der Waals surface area contributed by atoms with Crippen molar-refractivity contribution < 1.29 is 28.6 Å². The van der Waals surface area contributed by atoms with Crippen LogP contribution < -0.4 is 15.4 Å². The molecule has 0 saturated carbocycles. The number of nitrogens with one attached hydrogen (secondary N) is 2. The standard InChI is InChI=1S/C22H22ClN3O6S/c1-3-30-20(28)19(21(29)31-4-2)26-18(27)12-32-13-9-10-15(14(23)11-13)24-22-25-16-7-5-6-8-17(16)33-22/h5-11,19H,3-4,12H2,1-2H3,(H,24,25)(H,26,27). The molecule has 0 aliphatic heterocycles. The normalized spacial score (nSPS) is 10.7. The zero-order valence-corrected chi connectivity index (χ0v) is 19.5. The number of rotatable bonds is 10. The van der Waals surface area contributed by atoms with Gasteiger partial charge in [-0.15, -0.1) is 0 Å². The van der Waals surface area contributed by atoms with E-state index in [4.69, 9.17) is 25.8 Å². The van der Waals surface area contributed by atoms with Crippen LogP contribution in [-0.4, -0.2) is 48.7 Å². The van der Waals surface area contributed by atoms with Crippen LogP contribution in [0.25, 0.3) is 10.2 Å². The van der Waals surface area contributed by atoms with Gasteiger partial charge in [0.05, 0.1) is 34.1 Å². The van der Waals surface area contributed by atoms with Gasteiger partial charge in [-0.2, -0.15) is 0 Å². The lowest BCUT2D eigenvalue weighted by molar-refractivity contribution is -0.159. The van der Waals surface area contributed by atoms with E-state index in [9.17, 15) is 14.4 Å². The minimum atomic E-state index is -1.56. The second-order valence-corrected chi connectivity index (χ2v) is 7.98. The summed E-state index contributed by atoms with van der Waals surface area (Å²) in [6, 6.07) is 11.1. The number of anilines is 2. The van der Waals surface area contributed by atoms with E-state index < -0.39 is 30.5 Å². The third-order valence-corrected chi connectivity index (χ3v) is 5.46. The lowest BCUT2D eigenvalue weighted by Gasteiger charge is -2.16. The number of benzene rings is 2. The number of ether oxygens (including phenoxy) is 3. The van der Waals surface area contributed by atoms with Crippen molar-refractivity contribution in [3.8, 4) is 5.75 Å². The number of thiazole rings is 1. The Balaban J connectivity index is 1.59. The van der Waals surface area contributed by atoms with Gasteiger partial charge < -0.3 is 24.8 Å². The van der Waals surface area contributed by atoms with Crippen molar-refractivity contribution in [2.45, 2.75) is 19.9 Å². The van der Waals surface area contributed by atoms with Crippen LogP contribution in [-0.2, 0) is 23.9 Å². The summed E-state index contributed by atoms with van der Waals surface area (Å²) in [4.78, 5) is 40.6. The molecule has 3 aromatic rings. The summed E-state index contributed by atoms with van der Waals surface area (Å²) in [6.07, 6.45) is 0. The van der Waals surface area contributed by atoms with E-state index in [0.717, 1.165) is 10.2 Å². The number of halogens is 1. The van der Waals surface area contributed by atoms with Gasteiger partial charge in [-0.3, -0.25) is 4.79 Å². The number of fused-ring (bicyclic) bond motifs is 1. The Bertz CT molecular complexity index is 1100. The van der Waals surface area contributed by atoms with Crippen molar-refractivity contribution in [1.82, 2.24) is 10.3 Å². The Morgan fingerprint density at radius 2 is 1.76 bits per heavy atom. The highest BCUT2D eigenvalue weighted by atomic mass is 35.5. The lowest BCUT2D eigenvalue weighted by Crippen LogP contribution is -2.49. The van der Waals surface area contributed by atoms with Gasteiger partial charge in [-0.05, 0) is 38.1 Å². The molecular formula is C22H22ClN3O6S. The molecule has 1 amide bonds. The van der Waals surface area contributed by atoms with E-state index in [1.54, 1.807) is 32.0 Å². The quantitative estimate of drug-likeness (QED) is 0.326. The summed E-state index contributed by atoms with van der Waals surface area (Å²) in [5.41, 5.74) is 1.51. The van der Waals surface area contributed by atoms with E-state index >= 15 is 0 Å². The molecule has 0 fully saturated rings. The number of aromatic nitrogens is 1. The molecule has 0 radical (unpaired) electrons. The van der Waals surface area contributed by atoms with Gasteiger partial charge in [-0.1, -0.05) is 35.1 Å². The lowest BCUT2D eigenvalue weighted by atomic mass is 10.3. The summed E-state index contributed by atoms with van der Waals surface area (Å²) >= 11 is 7.84. The first-order chi connectivity index (χ1) is 15.9. The minimum Gasteiger partial charge on any atom is -0.484 e. The number of amides is 1. The Kier molecular flexibility index (Phi) is 8.45. The molecule has 9 nitrogen and oxygen atoms in total. The summed E-state index contributed by atoms with van der Waals surface area (Å²) in [5, 5.41) is 6.48. The Morgan fingerprint density at radius 3 is 2.39 bits per heavy atom. The van der Waals surface area contributed by atoms with Crippen LogP contribution in [0, 0.1) is 0 Å². The molecule has 0 spiro atoms. The summed E-state index contributed by atoms with van der Waals surface area (Å²) < 4.78 is 16.1. The highest BCUT2D eigenvalue weighted by Crippen LogP contribution is 2.32. The second kappa shape index (κ2) is 11.5. The van der Waals surface area contributed by atoms with Crippen LogP contribution in [0.3, 0.4) is 0 Å². The zero-order chi connectivity index (χ0) is 23.8. The van der Waals surface area contributed by atoms with E-state index in [0.29, 0.717) is 21.6 Å². The van der Waals surface area contributed by atoms with E-state index in [1.165, 1.54) is 11.3 Å². The maximum Gasteiger partial charge on any atom is 0.340 e. The fourth-order valence-electron chi connectivity index (χ4n) is 2.74. The predicted molar refractivity (Wildman–Crippen MR) is 125 cm³/mol. The molecule has 1 heterocycles. The van der Waals surface area contributed by atoms with Crippen LogP contribution >= 0.6 is 22.9 Å². The molecule has 1 aromatic heterocycles. The average molecular weight is 492 g/mol. The van der Waals surface area contributed by atoms with Gasteiger partial charge in [0, 0.05) is 6.07 Å². The van der Waals surface area contributed by atoms with Crippen LogP contribution in [0.2, 0.25) is 5.02 Å². The third-order valence-electron chi connectivity index (χ3n) is 4.20. The van der Waals surface area contributed by atoms with Crippen molar-refractivity contribution in [2.75, 3.05) is 25.1 Å². The number of nitrogens with zero attached hydrogens (tertiary/aromatic N) is 1.